The van der Waals surface area contributed by atoms with Gasteiger partial charge in [0.15, 0.2) is 0 Å². The molecule has 3 nitrogen and oxygen atoms in total. The molecular weight excluding hydrogens is 222 g/mol. The Hall–Kier alpha value is -1.32. The Morgan fingerprint density at radius 2 is 2.00 bits per heavy atom. The molecule has 0 amide bonds. The van der Waals surface area contributed by atoms with Crippen LogP contribution in [0.15, 0.2) is 24.3 Å². The molecule has 4 heteroatoms. The summed E-state index contributed by atoms with van der Waals surface area (Å²) in [5.74, 6) is 0. The van der Waals surface area contributed by atoms with Gasteiger partial charge in [-0.05, 0) is 12.1 Å². The van der Waals surface area contributed by atoms with Crippen molar-refractivity contribution >= 4 is 11.6 Å². The minimum atomic E-state index is 0.759. The Morgan fingerprint density at radius 3 is 2.75 bits per heavy atom. The molecule has 1 aromatic carbocycles. The second kappa shape index (κ2) is 3.61. The summed E-state index contributed by atoms with van der Waals surface area (Å²) >= 11 is 5.88. The van der Waals surface area contributed by atoms with E-state index in [0.717, 1.165) is 29.4 Å². The number of fused-ring (bicyclic) bond motifs is 1. The molecule has 0 fully saturated rings. The molecule has 0 spiro atoms. The number of aryl methyl sites for hydroxylation is 1. The normalized spacial score (nSPS) is 14.1. The molecule has 0 saturated carbocycles. The summed E-state index contributed by atoms with van der Waals surface area (Å²) in [7, 11) is 1.99. The van der Waals surface area contributed by atoms with Crippen molar-refractivity contribution in [3.8, 4) is 11.3 Å². The molecule has 0 aliphatic carbocycles. The van der Waals surface area contributed by atoms with Crippen LogP contribution in [0.5, 0.6) is 0 Å². The first-order valence-electron chi connectivity index (χ1n) is 5.27. The van der Waals surface area contributed by atoms with Gasteiger partial charge in [-0.1, -0.05) is 23.7 Å². The first-order valence-corrected chi connectivity index (χ1v) is 5.65. The number of hydrogen-bond acceptors (Lipinski definition) is 2. The number of halogens is 1. The Morgan fingerprint density at radius 1 is 1.25 bits per heavy atom. The van der Waals surface area contributed by atoms with Crippen molar-refractivity contribution in [1.82, 2.24) is 15.1 Å². The fourth-order valence-electron chi connectivity index (χ4n) is 2.16. The molecule has 0 unspecified atom stereocenters. The monoisotopic (exact) mass is 233 g/mol. The van der Waals surface area contributed by atoms with Crippen molar-refractivity contribution in [1.29, 1.82) is 0 Å². The largest absolute Gasteiger partial charge is 0.307 e. The molecule has 0 saturated heterocycles. The van der Waals surface area contributed by atoms with Gasteiger partial charge in [0.25, 0.3) is 0 Å². The van der Waals surface area contributed by atoms with Crippen molar-refractivity contribution in [2.45, 2.75) is 13.1 Å². The third-order valence-corrected chi connectivity index (χ3v) is 3.24. The smallest absolute Gasteiger partial charge is 0.0971 e. The summed E-state index contributed by atoms with van der Waals surface area (Å²) in [6.07, 6.45) is 0. The molecule has 0 bridgehead atoms. The van der Waals surface area contributed by atoms with E-state index in [1.54, 1.807) is 0 Å². The lowest BCUT2D eigenvalue weighted by molar-refractivity contribution is 0.671. The summed E-state index contributed by atoms with van der Waals surface area (Å²) in [6, 6.07) is 7.84. The molecule has 16 heavy (non-hydrogen) atoms. The molecule has 2 heterocycles. The van der Waals surface area contributed by atoms with Crippen LogP contribution in [0.1, 0.15) is 11.3 Å². The lowest BCUT2D eigenvalue weighted by Gasteiger charge is -2.00. The maximum Gasteiger partial charge on any atom is 0.0971 e. The first kappa shape index (κ1) is 9.87. The number of hydrogen-bond donors (Lipinski definition) is 1. The van der Waals surface area contributed by atoms with E-state index in [2.05, 4.69) is 10.4 Å². The maximum absolute atomic E-state index is 5.88. The van der Waals surface area contributed by atoms with Crippen LogP contribution in [0.2, 0.25) is 5.02 Å². The van der Waals surface area contributed by atoms with Crippen LogP contribution in [0.3, 0.4) is 0 Å². The zero-order valence-corrected chi connectivity index (χ0v) is 9.75. The molecule has 3 rings (SSSR count). The highest BCUT2D eigenvalue weighted by Crippen LogP contribution is 2.28. The Balaban J connectivity index is 2.13. The zero-order valence-electron chi connectivity index (χ0n) is 9.00. The van der Waals surface area contributed by atoms with Crippen LogP contribution >= 0.6 is 11.6 Å². The Bertz CT molecular complexity index is 528. The highest BCUT2D eigenvalue weighted by Gasteiger charge is 2.21. The Labute approximate surface area is 99.0 Å². The molecule has 1 aliphatic rings. The van der Waals surface area contributed by atoms with Gasteiger partial charge >= 0.3 is 0 Å². The van der Waals surface area contributed by atoms with Crippen LogP contribution in [-0.2, 0) is 20.1 Å². The number of nitrogens with one attached hydrogen (secondary N) is 1. The summed E-state index contributed by atoms with van der Waals surface area (Å²) in [4.78, 5) is 0. The summed E-state index contributed by atoms with van der Waals surface area (Å²) in [6.45, 7) is 1.81. The maximum atomic E-state index is 5.88. The predicted molar refractivity (Wildman–Crippen MR) is 64.2 cm³/mol. The van der Waals surface area contributed by atoms with E-state index in [1.165, 1.54) is 11.3 Å². The van der Waals surface area contributed by atoms with Gasteiger partial charge in [0.2, 0.25) is 0 Å². The third kappa shape index (κ3) is 1.44. The summed E-state index contributed by atoms with van der Waals surface area (Å²) in [5.41, 5.74) is 4.79. The predicted octanol–water partition coefficient (Wildman–Crippen LogP) is 2.34. The highest BCUT2D eigenvalue weighted by molar-refractivity contribution is 6.30. The fraction of sp³-hybridized carbons (Fsp3) is 0.250. The van der Waals surface area contributed by atoms with Crippen LogP contribution < -0.4 is 5.32 Å². The quantitative estimate of drug-likeness (QED) is 0.820. The molecule has 0 radical (unpaired) electrons. The minimum Gasteiger partial charge on any atom is -0.307 e. The van der Waals surface area contributed by atoms with Crippen molar-refractivity contribution in [3.63, 3.8) is 0 Å². The van der Waals surface area contributed by atoms with Crippen LogP contribution in [0.25, 0.3) is 11.3 Å². The second-order valence-electron chi connectivity index (χ2n) is 4.01. The topological polar surface area (TPSA) is 29.9 Å². The zero-order chi connectivity index (χ0) is 11.1. The molecule has 0 atom stereocenters. The fourth-order valence-corrected chi connectivity index (χ4v) is 2.28. The number of aromatic nitrogens is 2. The lowest BCUT2D eigenvalue weighted by atomic mass is 10.1. The number of rotatable bonds is 1. The van der Waals surface area contributed by atoms with Crippen molar-refractivity contribution in [3.05, 3.63) is 40.5 Å². The molecule has 2 aromatic rings. The van der Waals surface area contributed by atoms with Gasteiger partial charge in [-0.3, -0.25) is 4.68 Å². The van der Waals surface area contributed by atoms with Gasteiger partial charge in [0.1, 0.15) is 0 Å². The third-order valence-electron chi connectivity index (χ3n) is 2.99. The van der Waals surface area contributed by atoms with Crippen molar-refractivity contribution in [2.75, 3.05) is 0 Å². The van der Waals surface area contributed by atoms with Gasteiger partial charge in [0.05, 0.1) is 11.4 Å². The molecule has 1 N–H and O–H groups in total. The van der Waals surface area contributed by atoms with E-state index in [1.807, 2.05) is 36.0 Å². The van der Waals surface area contributed by atoms with Gasteiger partial charge in [-0.15, -0.1) is 0 Å². The van der Waals surface area contributed by atoms with E-state index < -0.39 is 0 Å². The van der Waals surface area contributed by atoms with Crippen LogP contribution in [0, 0.1) is 0 Å². The molecular formula is C12H12ClN3. The van der Waals surface area contributed by atoms with Crippen LogP contribution in [-0.4, -0.2) is 9.78 Å². The summed E-state index contributed by atoms with van der Waals surface area (Å²) < 4.78 is 1.96. The van der Waals surface area contributed by atoms with Crippen molar-refractivity contribution < 1.29 is 0 Å². The average molecular weight is 234 g/mol. The van der Waals surface area contributed by atoms with Crippen molar-refractivity contribution in [2.24, 2.45) is 7.05 Å². The van der Waals surface area contributed by atoms with Gasteiger partial charge in [-0.2, -0.15) is 5.10 Å². The Kier molecular flexibility index (Phi) is 2.23. The SMILES string of the molecule is Cn1nc(-c2ccc(Cl)cc2)c2c1CNC2. The molecule has 1 aromatic heterocycles. The van der Waals surface area contributed by atoms with E-state index >= 15 is 0 Å². The summed E-state index contributed by atoms with van der Waals surface area (Å²) in [5, 5.41) is 8.67. The molecule has 82 valence electrons. The first-order chi connectivity index (χ1) is 7.75. The van der Waals surface area contributed by atoms with E-state index in [4.69, 9.17) is 11.6 Å². The van der Waals surface area contributed by atoms with E-state index in [9.17, 15) is 0 Å². The number of benzene rings is 1. The molecule has 1 aliphatic heterocycles. The van der Waals surface area contributed by atoms with Crippen LogP contribution in [0.4, 0.5) is 0 Å². The highest BCUT2D eigenvalue weighted by atomic mass is 35.5. The van der Waals surface area contributed by atoms with Gasteiger partial charge < -0.3 is 5.32 Å². The number of nitrogens with zero attached hydrogens (tertiary/aromatic N) is 2. The average Bonchev–Trinajstić information content (AvgIpc) is 2.84. The van der Waals surface area contributed by atoms with Gasteiger partial charge in [-0.25, -0.2) is 0 Å². The second-order valence-corrected chi connectivity index (χ2v) is 4.44. The standard InChI is InChI=1S/C12H12ClN3/c1-16-11-7-14-6-10(11)12(15-16)8-2-4-9(13)5-3-8/h2-5,14H,6-7H2,1H3. The minimum absolute atomic E-state index is 0.759. The van der Waals surface area contributed by atoms with E-state index in [-0.39, 0.29) is 0 Å². The van der Waals surface area contributed by atoms with E-state index in [0.29, 0.717) is 0 Å². The van der Waals surface area contributed by atoms with Gasteiger partial charge in [0, 0.05) is 36.3 Å². The lowest BCUT2D eigenvalue weighted by Crippen LogP contribution is -2.06.